The van der Waals surface area contributed by atoms with Crippen LogP contribution in [0.1, 0.15) is 0 Å². The monoisotopic (exact) mass is 461 g/mol. The van der Waals surface area contributed by atoms with Crippen molar-refractivity contribution in [1.29, 1.82) is 0 Å². The summed E-state index contributed by atoms with van der Waals surface area (Å²) in [6.07, 6.45) is 0. The lowest BCUT2D eigenvalue weighted by Gasteiger charge is -2.12. The molecule has 2 heterocycles. The van der Waals surface area contributed by atoms with Crippen molar-refractivity contribution in [2.75, 3.05) is 11.1 Å². The van der Waals surface area contributed by atoms with Crippen LogP contribution in [0.2, 0.25) is 10.0 Å². The van der Waals surface area contributed by atoms with E-state index in [-0.39, 0.29) is 17.2 Å². The molecule has 0 radical (unpaired) electrons. The predicted octanol–water partition coefficient (Wildman–Crippen LogP) is 5.48. The predicted molar refractivity (Wildman–Crippen MR) is 121 cm³/mol. The zero-order chi connectivity index (χ0) is 20.4. The molecule has 0 atom stereocenters. The van der Waals surface area contributed by atoms with Crippen LogP contribution in [0.5, 0.6) is 0 Å². The molecule has 0 fully saturated rings. The highest BCUT2D eigenvalue weighted by Gasteiger charge is 2.15. The molecule has 0 aliphatic rings. The fourth-order valence-electron chi connectivity index (χ4n) is 2.75. The van der Waals surface area contributed by atoms with Gasteiger partial charge in [-0.2, -0.15) is 0 Å². The molecular formula is C20H13Cl2N3O2S2. The van der Waals surface area contributed by atoms with Crippen molar-refractivity contribution in [3.63, 3.8) is 0 Å². The normalized spacial score (nSPS) is 11.0. The van der Waals surface area contributed by atoms with E-state index >= 15 is 0 Å². The number of nitrogens with one attached hydrogen (secondary N) is 1. The molecule has 0 unspecified atom stereocenters. The van der Waals surface area contributed by atoms with Gasteiger partial charge in [0.1, 0.15) is 4.70 Å². The Balaban J connectivity index is 1.62. The number of thioether (sulfide) groups is 1. The molecular weight excluding hydrogens is 449 g/mol. The summed E-state index contributed by atoms with van der Waals surface area (Å²) in [5.41, 5.74) is 1.68. The molecule has 0 aliphatic heterocycles. The van der Waals surface area contributed by atoms with E-state index in [4.69, 9.17) is 23.2 Å². The number of hydrogen-bond acceptors (Lipinski definition) is 5. The first-order chi connectivity index (χ1) is 14.0. The maximum atomic E-state index is 13.0. The summed E-state index contributed by atoms with van der Waals surface area (Å²) in [6, 6.07) is 15.9. The minimum Gasteiger partial charge on any atom is -0.325 e. The van der Waals surface area contributed by atoms with Crippen LogP contribution in [-0.4, -0.2) is 21.2 Å². The van der Waals surface area contributed by atoms with Gasteiger partial charge in [-0.25, -0.2) is 4.98 Å². The van der Waals surface area contributed by atoms with Gasteiger partial charge in [0.15, 0.2) is 5.16 Å². The van der Waals surface area contributed by atoms with Gasteiger partial charge < -0.3 is 5.32 Å². The number of halogens is 2. The first-order valence-corrected chi connectivity index (χ1v) is 11.1. The number of nitrogens with zero attached hydrogens (tertiary/aromatic N) is 2. The number of amides is 1. The SMILES string of the molecule is O=C(CSc1nc2ccsc2c(=O)n1-c1ccccc1)Nc1cc(Cl)cc(Cl)c1. The third-order valence-corrected chi connectivity index (χ3v) is 6.21. The average Bonchev–Trinajstić information content (AvgIpc) is 3.15. The van der Waals surface area contributed by atoms with Crippen LogP contribution in [0.3, 0.4) is 0 Å². The van der Waals surface area contributed by atoms with E-state index in [2.05, 4.69) is 10.3 Å². The molecule has 146 valence electrons. The summed E-state index contributed by atoms with van der Waals surface area (Å²) in [4.78, 5) is 30.0. The maximum Gasteiger partial charge on any atom is 0.276 e. The zero-order valence-corrected chi connectivity index (χ0v) is 17.9. The van der Waals surface area contributed by atoms with Crippen LogP contribution in [0.15, 0.2) is 69.9 Å². The van der Waals surface area contributed by atoms with Crippen molar-refractivity contribution in [3.8, 4) is 5.69 Å². The number of hydrogen-bond donors (Lipinski definition) is 1. The van der Waals surface area contributed by atoms with Crippen molar-refractivity contribution in [3.05, 3.63) is 80.4 Å². The molecule has 2 aromatic carbocycles. The van der Waals surface area contributed by atoms with Crippen LogP contribution in [-0.2, 0) is 4.79 Å². The topological polar surface area (TPSA) is 64.0 Å². The maximum absolute atomic E-state index is 13.0. The Morgan fingerprint density at radius 1 is 1.10 bits per heavy atom. The first kappa shape index (κ1) is 20.0. The van der Waals surface area contributed by atoms with E-state index in [1.807, 2.05) is 35.7 Å². The van der Waals surface area contributed by atoms with Gasteiger partial charge in [0.25, 0.3) is 5.56 Å². The molecule has 1 N–H and O–H groups in total. The lowest BCUT2D eigenvalue weighted by atomic mass is 10.3. The van der Waals surface area contributed by atoms with E-state index in [1.54, 1.807) is 24.3 Å². The number of carbonyl (C=O) groups is 1. The second-order valence-corrected chi connectivity index (χ2v) is 8.73. The zero-order valence-electron chi connectivity index (χ0n) is 14.8. The van der Waals surface area contributed by atoms with Crippen molar-refractivity contribution in [1.82, 2.24) is 9.55 Å². The number of carbonyl (C=O) groups excluding carboxylic acids is 1. The van der Waals surface area contributed by atoms with Crippen molar-refractivity contribution in [2.45, 2.75) is 5.16 Å². The first-order valence-electron chi connectivity index (χ1n) is 8.46. The van der Waals surface area contributed by atoms with E-state index in [9.17, 15) is 9.59 Å². The van der Waals surface area contributed by atoms with E-state index < -0.39 is 0 Å². The molecule has 0 saturated carbocycles. The Labute approximate surface area is 184 Å². The van der Waals surface area contributed by atoms with Gasteiger partial charge in [-0.15, -0.1) is 11.3 Å². The van der Waals surface area contributed by atoms with E-state index in [0.717, 1.165) is 0 Å². The summed E-state index contributed by atoms with van der Waals surface area (Å²) in [5.74, 6) is -0.188. The Hall–Kier alpha value is -2.32. The molecule has 0 spiro atoms. The smallest absolute Gasteiger partial charge is 0.276 e. The number of benzene rings is 2. The van der Waals surface area contributed by atoms with Gasteiger partial charge in [0.2, 0.25) is 5.91 Å². The van der Waals surface area contributed by atoms with Crippen molar-refractivity contribution >= 4 is 68.1 Å². The minimum atomic E-state index is -0.257. The lowest BCUT2D eigenvalue weighted by Crippen LogP contribution is -2.22. The number of fused-ring (bicyclic) bond motifs is 1. The van der Waals surface area contributed by atoms with Gasteiger partial charge in [-0.1, -0.05) is 53.2 Å². The fraction of sp³-hybridized carbons (Fsp3) is 0.0500. The van der Waals surface area contributed by atoms with Gasteiger partial charge in [0, 0.05) is 15.7 Å². The fourth-order valence-corrected chi connectivity index (χ4v) is 4.85. The van der Waals surface area contributed by atoms with Crippen LogP contribution in [0.4, 0.5) is 5.69 Å². The molecule has 4 rings (SSSR count). The number of rotatable bonds is 5. The lowest BCUT2D eigenvalue weighted by molar-refractivity contribution is -0.113. The Morgan fingerprint density at radius 2 is 1.83 bits per heavy atom. The highest BCUT2D eigenvalue weighted by atomic mass is 35.5. The number of aromatic nitrogens is 2. The van der Waals surface area contributed by atoms with Crippen LogP contribution < -0.4 is 10.9 Å². The highest BCUT2D eigenvalue weighted by molar-refractivity contribution is 7.99. The summed E-state index contributed by atoms with van der Waals surface area (Å²) in [5, 5.41) is 5.91. The average molecular weight is 462 g/mol. The molecule has 1 amide bonds. The molecule has 9 heteroatoms. The quantitative estimate of drug-likeness (QED) is 0.315. The van der Waals surface area contributed by atoms with Crippen molar-refractivity contribution in [2.24, 2.45) is 0 Å². The summed E-state index contributed by atoms with van der Waals surface area (Å²) >= 11 is 14.5. The second-order valence-electron chi connectivity index (χ2n) is 6.00. The summed E-state index contributed by atoms with van der Waals surface area (Å²) in [7, 11) is 0. The molecule has 5 nitrogen and oxygen atoms in total. The Bertz CT molecular complexity index is 1240. The number of para-hydroxylation sites is 1. The second kappa shape index (κ2) is 8.59. The minimum absolute atomic E-state index is 0.0685. The van der Waals surface area contributed by atoms with Gasteiger partial charge in [0.05, 0.1) is 17.0 Å². The standard InChI is InChI=1S/C20H13Cl2N3O2S2/c21-12-8-13(22)10-14(9-12)23-17(26)11-29-20-24-16-6-7-28-18(16)19(27)25(20)15-4-2-1-3-5-15/h1-10H,11H2,(H,23,26). The number of anilines is 1. The third-order valence-electron chi connectivity index (χ3n) is 3.94. The Kier molecular flexibility index (Phi) is 5.91. The molecule has 0 bridgehead atoms. The summed E-state index contributed by atoms with van der Waals surface area (Å²) in [6.45, 7) is 0. The van der Waals surface area contributed by atoms with Gasteiger partial charge in [-0.05, 0) is 41.8 Å². The van der Waals surface area contributed by atoms with E-state index in [0.29, 0.717) is 36.8 Å². The molecule has 29 heavy (non-hydrogen) atoms. The largest absolute Gasteiger partial charge is 0.325 e. The van der Waals surface area contributed by atoms with Crippen LogP contribution in [0, 0.1) is 0 Å². The van der Waals surface area contributed by atoms with Gasteiger partial charge in [-0.3, -0.25) is 14.2 Å². The molecule has 2 aromatic heterocycles. The molecule has 4 aromatic rings. The van der Waals surface area contributed by atoms with Crippen LogP contribution >= 0.6 is 46.3 Å². The molecule has 0 saturated heterocycles. The van der Waals surface area contributed by atoms with Crippen LogP contribution in [0.25, 0.3) is 15.9 Å². The molecule has 0 aliphatic carbocycles. The third kappa shape index (κ3) is 4.48. The summed E-state index contributed by atoms with van der Waals surface area (Å²) < 4.78 is 2.11. The van der Waals surface area contributed by atoms with Crippen molar-refractivity contribution < 1.29 is 4.79 Å². The number of thiophene rings is 1. The van der Waals surface area contributed by atoms with Gasteiger partial charge >= 0.3 is 0 Å². The highest BCUT2D eigenvalue weighted by Crippen LogP contribution is 2.25. The Morgan fingerprint density at radius 3 is 2.55 bits per heavy atom. The van der Waals surface area contributed by atoms with E-state index in [1.165, 1.54) is 27.7 Å².